The molecule has 1 aromatic heterocycles. The molecule has 1 saturated heterocycles. The van der Waals surface area contributed by atoms with E-state index in [2.05, 4.69) is 5.32 Å². The highest BCUT2D eigenvalue weighted by Gasteiger charge is 2.35. The Kier molecular flexibility index (Phi) is 2.61. The Bertz CT molecular complexity index is 537. The number of piperidine rings is 1. The number of fused-ring (bicyclic) bond motifs is 4. The summed E-state index contributed by atoms with van der Waals surface area (Å²) in [5, 5.41) is 2.68. The van der Waals surface area contributed by atoms with Gasteiger partial charge in [-0.2, -0.15) is 0 Å². The molecule has 3 rings (SSSR count). The maximum Gasteiger partial charge on any atom is 0.317 e. The molecule has 0 saturated carbocycles. The van der Waals surface area contributed by atoms with Crippen LogP contribution in [0.1, 0.15) is 18.0 Å². The topological polar surface area (TPSA) is 54.3 Å². The van der Waals surface area contributed by atoms with Crippen LogP contribution in [0, 0.1) is 5.92 Å². The first-order chi connectivity index (χ1) is 8.69. The summed E-state index contributed by atoms with van der Waals surface area (Å²) in [6.45, 7) is 2.19. The molecule has 2 aliphatic heterocycles. The van der Waals surface area contributed by atoms with Crippen molar-refractivity contribution >= 4 is 6.03 Å². The Labute approximate surface area is 105 Å². The van der Waals surface area contributed by atoms with Gasteiger partial charge in [0.25, 0.3) is 5.56 Å². The first-order valence-corrected chi connectivity index (χ1v) is 6.35. The number of aromatic nitrogens is 1. The Hall–Kier alpha value is -1.78. The van der Waals surface area contributed by atoms with Crippen LogP contribution >= 0.6 is 0 Å². The van der Waals surface area contributed by atoms with E-state index in [1.54, 1.807) is 13.1 Å². The first kappa shape index (κ1) is 11.3. The number of hydrogen-bond donors (Lipinski definition) is 1. The molecule has 0 radical (unpaired) electrons. The average molecular weight is 247 g/mol. The van der Waals surface area contributed by atoms with Crippen LogP contribution in [0.3, 0.4) is 0 Å². The molecule has 2 bridgehead atoms. The van der Waals surface area contributed by atoms with Gasteiger partial charge in [-0.3, -0.25) is 4.79 Å². The zero-order chi connectivity index (χ0) is 12.7. The highest BCUT2D eigenvalue weighted by Crippen LogP contribution is 2.34. The van der Waals surface area contributed by atoms with Gasteiger partial charge in [0.15, 0.2) is 0 Å². The molecule has 1 fully saturated rings. The van der Waals surface area contributed by atoms with Crippen molar-refractivity contribution in [3.63, 3.8) is 0 Å². The van der Waals surface area contributed by atoms with Crippen LogP contribution in [0.2, 0.25) is 0 Å². The maximum absolute atomic E-state index is 11.8. The summed E-state index contributed by atoms with van der Waals surface area (Å²) in [5.74, 6) is 0.692. The summed E-state index contributed by atoms with van der Waals surface area (Å²) in [6, 6.07) is 5.42. The van der Waals surface area contributed by atoms with Crippen LogP contribution in [0.25, 0.3) is 0 Å². The highest BCUT2D eigenvalue weighted by molar-refractivity contribution is 5.74. The van der Waals surface area contributed by atoms with Crippen molar-refractivity contribution in [2.75, 3.05) is 20.1 Å². The van der Waals surface area contributed by atoms with Crippen molar-refractivity contribution in [3.05, 3.63) is 34.2 Å². The third-order valence-corrected chi connectivity index (χ3v) is 3.98. The maximum atomic E-state index is 11.8. The summed E-state index contributed by atoms with van der Waals surface area (Å²) in [4.78, 5) is 25.4. The van der Waals surface area contributed by atoms with Crippen molar-refractivity contribution in [3.8, 4) is 0 Å². The van der Waals surface area contributed by atoms with E-state index in [1.807, 2.05) is 21.6 Å². The van der Waals surface area contributed by atoms with Gasteiger partial charge < -0.3 is 14.8 Å². The minimum atomic E-state index is -0.0172. The van der Waals surface area contributed by atoms with Crippen molar-refractivity contribution in [2.45, 2.75) is 18.9 Å². The smallest absolute Gasteiger partial charge is 0.317 e. The van der Waals surface area contributed by atoms with Crippen LogP contribution in [0.5, 0.6) is 0 Å². The number of nitrogens with zero attached hydrogens (tertiary/aromatic N) is 2. The van der Waals surface area contributed by atoms with Crippen LogP contribution in [-0.2, 0) is 6.54 Å². The third-order valence-electron chi connectivity index (χ3n) is 3.98. The quantitative estimate of drug-likeness (QED) is 0.730. The zero-order valence-corrected chi connectivity index (χ0v) is 10.4. The van der Waals surface area contributed by atoms with E-state index < -0.39 is 0 Å². The van der Waals surface area contributed by atoms with E-state index in [-0.39, 0.29) is 11.6 Å². The van der Waals surface area contributed by atoms with Gasteiger partial charge >= 0.3 is 6.03 Å². The number of pyridine rings is 1. The van der Waals surface area contributed by atoms with Crippen LogP contribution < -0.4 is 10.9 Å². The molecule has 2 amide bonds. The van der Waals surface area contributed by atoms with Crippen molar-refractivity contribution < 1.29 is 4.79 Å². The first-order valence-electron chi connectivity index (χ1n) is 6.35. The molecule has 96 valence electrons. The van der Waals surface area contributed by atoms with Gasteiger partial charge in [-0.05, 0) is 18.4 Å². The fourth-order valence-electron chi connectivity index (χ4n) is 3.22. The molecule has 1 aromatic rings. The fourth-order valence-corrected chi connectivity index (χ4v) is 3.22. The second kappa shape index (κ2) is 4.15. The molecular formula is C13H17N3O2. The number of carbonyl (C=O) groups is 1. The SMILES string of the molecule is CNC(=O)N1CC2C[C@@H](C1)Cn1c2cccc1=O. The second-order valence-electron chi connectivity index (χ2n) is 5.16. The number of nitrogens with one attached hydrogen (secondary N) is 1. The van der Waals surface area contributed by atoms with Crippen LogP contribution in [0.4, 0.5) is 4.79 Å². The number of carbonyl (C=O) groups excluding carboxylic acids is 1. The molecule has 1 N–H and O–H groups in total. The minimum Gasteiger partial charge on any atom is -0.341 e. The van der Waals surface area contributed by atoms with E-state index in [0.717, 1.165) is 25.2 Å². The van der Waals surface area contributed by atoms with Gasteiger partial charge in [0.05, 0.1) is 0 Å². The Morgan fingerprint density at radius 1 is 1.33 bits per heavy atom. The number of rotatable bonds is 0. The minimum absolute atomic E-state index is 0.0172. The second-order valence-corrected chi connectivity index (χ2v) is 5.16. The van der Waals surface area contributed by atoms with Crippen molar-refractivity contribution in [1.29, 1.82) is 0 Å². The molecule has 0 aliphatic carbocycles. The molecular weight excluding hydrogens is 230 g/mol. The van der Waals surface area contributed by atoms with E-state index >= 15 is 0 Å². The molecule has 5 heteroatoms. The largest absolute Gasteiger partial charge is 0.341 e. The van der Waals surface area contributed by atoms with Gasteiger partial charge in [0, 0.05) is 44.4 Å². The van der Waals surface area contributed by atoms with Crippen molar-refractivity contribution in [1.82, 2.24) is 14.8 Å². The van der Waals surface area contributed by atoms with Crippen LogP contribution in [-0.4, -0.2) is 35.6 Å². The number of likely N-dealkylation sites (tertiary alicyclic amines) is 1. The van der Waals surface area contributed by atoms with Gasteiger partial charge in [-0.25, -0.2) is 4.79 Å². The number of urea groups is 1. The van der Waals surface area contributed by atoms with Gasteiger partial charge in [-0.1, -0.05) is 6.07 Å². The van der Waals surface area contributed by atoms with Gasteiger partial charge in [0.2, 0.25) is 0 Å². The molecule has 1 unspecified atom stereocenters. The summed E-state index contributed by atoms with van der Waals surface area (Å²) in [6.07, 6.45) is 1.08. The summed E-state index contributed by atoms with van der Waals surface area (Å²) in [5.41, 5.74) is 1.16. The highest BCUT2D eigenvalue weighted by atomic mass is 16.2. The van der Waals surface area contributed by atoms with E-state index in [1.165, 1.54) is 0 Å². The summed E-state index contributed by atoms with van der Waals surface area (Å²) >= 11 is 0. The lowest BCUT2D eigenvalue weighted by Gasteiger charge is -2.42. The Morgan fingerprint density at radius 3 is 2.94 bits per heavy atom. The average Bonchev–Trinajstić information content (AvgIpc) is 2.39. The summed E-state index contributed by atoms with van der Waals surface area (Å²) < 4.78 is 1.88. The Balaban J connectivity index is 1.95. The number of hydrogen-bond acceptors (Lipinski definition) is 2. The molecule has 5 nitrogen and oxygen atoms in total. The standard InChI is InChI=1S/C13H17N3O2/c1-14-13(18)15-6-9-5-10(8-15)11-3-2-4-12(17)16(11)7-9/h2-4,9-10H,5-8H2,1H3,(H,14,18)/t9-,10?/m0/s1. The van der Waals surface area contributed by atoms with E-state index in [4.69, 9.17) is 0 Å². The molecule has 0 spiro atoms. The third kappa shape index (κ3) is 1.70. The van der Waals surface area contributed by atoms with Gasteiger partial charge in [-0.15, -0.1) is 0 Å². The monoisotopic (exact) mass is 247 g/mol. The van der Waals surface area contributed by atoms with Crippen molar-refractivity contribution in [2.24, 2.45) is 5.92 Å². The number of amides is 2. The van der Waals surface area contributed by atoms with E-state index in [0.29, 0.717) is 18.4 Å². The normalized spacial score (nSPS) is 25.5. The molecule has 2 aliphatic rings. The lowest BCUT2D eigenvalue weighted by Crippen LogP contribution is -2.51. The predicted octanol–water partition coefficient (Wildman–Crippen LogP) is 0.607. The lowest BCUT2D eigenvalue weighted by atomic mass is 9.83. The summed E-state index contributed by atoms with van der Waals surface area (Å²) in [7, 11) is 1.66. The Morgan fingerprint density at radius 2 is 2.17 bits per heavy atom. The predicted molar refractivity (Wildman–Crippen MR) is 67.6 cm³/mol. The molecule has 18 heavy (non-hydrogen) atoms. The fraction of sp³-hybridized carbons (Fsp3) is 0.538. The van der Waals surface area contributed by atoms with E-state index in [9.17, 15) is 9.59 Å². The molecule has 0 aromatic carbocycles. The zero-order valence-electron chi connectivity index (χ0n) is 10.4. The van der Waals surface area contributed by atoms with Gasteiger partial charge in [0.1, 0.15) is 0 Å². The molecule has 2 atom stereocenters. The van der Waals surface area contributed by atoms with Crippen LogP contribution in [0.15, 0.2) is 23.0 Å². The lowest BCUT2D eigenvalue weighted by molar-refractivity contribution is 0.132. The molecule has 3 heterocycles.